The molecule has 4 nitrogen and oxygen atoms in total. The standard InChI is InChI=1S/C12H11F3N2O2/c1-7-10(6-17(2)16-7)9-5-8(3-4-11(9)18)19-12(13,14)15/h3-6,18H,1-2H3. The fraction of sp³-hybridized carbons (Fsp3) is 0.250. The van der Waals surface area contributed by atoms with Gasteiger partial charge in [0.1, 0.15) is 11.5 Å². The lowest BCUT2D eigenvalue weighted by molar-refractivity contribution is -0.274. The summed E-state index contributed by atoms with van der Waals surface area (Å²) in [4.78, 5) is 0. The Hall–Kier alpha value is -2.18. The molecule has 2 rings (SSSR count). The van der Waals surface area contributed by atoms with Crippen LogP contribution in [0, 0.1) is 6.92 Å². The second kappa shape index (κ2) is 4.49. The Kier molecular flexibility index (Phi) is 3.13. The third-order valence-corrected chi connectivity index (χ3v) is 2.51. The SMILES string of the molecule is Cc1nn(C)cc1-c1cc(OC(F)(F)F)ccc1O. The number of halogens is 3. The van der Waals surface area contributed by atoms with E-state index in [1.165, 1.54) is 4.68 Å². The molecule has 0 bridgehead atoms. The summed E-state index contributed by atoms with van der Waals surface area (Å²) < 4.78 is 41.8. The van der Waals surface area contributed by atoms with Gasteiger partial charge in [0.2, 0.25) is 0 Å². The lowest BCUT2D eigenvalue weighted by Gasteiger charge is -2.11. The summed E-state index contributed by atoms with van der Waals surface area (Å²) in [5.41, 5.74) is 1.39. The molecule has 102 valence electrons. The van der Waals surface area contributed by atoms with E-state index in [-0.39, 0.29) is 17.1 Å². The molecule has 0 amide bonds. The molecule has 0 unspecified atom stereocenters. The van der Waals surface area contributed by atoms with Crippen LogP contribution in [0.4, 0.5) is 13.2 Å². The van der Waals surface area contributed by atoms with Crippen molar-refractivity contribution in [3.05, 3.63) is 30.1 Å². The Morgan fingerprint density at radius 1 is 1.26 bits per heavy atom. The molecular formula is C12H11F3N2O2. The molecule has 0 saturated carbocycles. The van der Waals surface area contributed by atoms with Crippen LogP contribution in [0.1, 0.15) is 5.69 Å². The first-order valence-corrected chi connectivity index (χ1v) is 5.35. The average molecular weight is 272 g/mol. The molecule has 0 aliphatic rings. The lowest BCUT2D eigenvalue weighted by Crippen LogP contribution is -2.17. The van der Waals surface area contributed by atoms with Gasteiger partial charge < -0.3 is 9.84 Å². The third-order valence-electron chi connectivity index (χ3n) is 2.51. The van der Waals surface area contributed by atoms with E-state index < -0.39 is 6.36 Å². The van der Waals surface area contributed by atoms with Gasteiger partial charge in [0.05, 0.1) is 5.69 Å². The summed E-state index contributed by atoms with van der Waals surface area (Å²) in [6, 6.07) is 3.34. The van der Waals surface area contributed by atoms with Crippen LogP contribution in [0.5, 0.6) is 11.5 Å². The van der Waals surface area contributed by atoms with Crippen LogP contribution in [0.3, 0.4) is 0 Å². The van der Waals surface area contributed by atoms with Crippen molar-refractivity contribution in [1.82, 2.24) is 9.78 Å². The number of alkyl halides is 3. The molecule has 0 radical (unpaired) electrons. The Bertz CT molecular complexity index is 606. The van der Waals surface area contributed by atoms with E-state index in [2.05, 4.69) is 9.84 Å². The normalized spacial score (nSPS) is 11.6. The number of hydrogen-bond donors (Lipinski definition) is 1. The van der Waals surface area contributed by atoms with E-state index >= 15 is 0 Å². The van der Waals surface area contributed by atoms with Gasteiger partial charge in [-0.1, -0.05) is 0 Å². The van der Waals surface area contributed by atoms with E-state index in [0.29, 0.717) is 11.3 Å². The zero-order valence-electron chi connectivity index (χ0n) is 10.2. The van der Waals surface area contributed by atoms with Gasteiger partial charge in [0, 0.05) is 24.4 Å². The Labute approximate surface area is 107 Å². The van der Waals surface area contributed by atoms with Crippen LogP contribution < -0.4 is 4.74 Å². The molecule has 7 heteroatoms. The van der Waals surface area contributed by atoms with Gasteiger partial charge in [-0.25, -0.2) is 0 Å². The summed E-state index contributed by atoms with van der Waals surface area (Å²) >= 11 is 0. The van der Waals surface area contributed by atoms with E-state index in [1.54, 1.807) is 20.2 Å². The molecule has 0 saturated heterocycles. The maximum absolute atomic E-state index is 12.2. The first-order chi connectivity index (χ1) is 8.76. The van der Waals surface area contributed by atoms with Gasteiger partial charge in [-0.3, -0.25) is 4.68 Å². The van der Waals surface area contributed by atoms with Crippen LogP contribution >= 0.6 is 0 Å². The van der Waals surface area contributed by atoms with E-state index in [9.17, 15) is 18.3 Å². The fourth-order valence-electron chi connectivity index (χ4n) is 1.79. The molecule has 1 aromatic carbocycles. The number of phenolic OH excluding ortho intramolecular Hbond substituents is 1. The first-order valence-electron chi connectivity index (χ1n) is 5.35. The molecule has 0 aliphatic carbocycles. The highest BCUT2D eigenvalue weighted by atomic mass is 19.4. The highest BCUT2D eigenvalue weighted by Gasteiger charge is 2.31. The number of aromatic hydroxyl groups is 1. The average Bonchev–Trinajstić information content (AvgIpc) is 2.58. The van der Waals surface area contributed by atoms with Crippen molar-refractivity contribution >= 4 is 0 Å². The maximum Gasteiger partial charge on any atom is 0.573 e. The molecule has 1 N–H and O–H groups in total. The summed E-state index contributed by atoms with van der Waals surface area (Å²) in [5, 5.41) is 13.8. The van der Waals surface area contributed by atoms with Crippen LogP contribution in [-0.4, -0.2) is 21.2 Å². The summed E-state index contributed by atoms with van der Waals surface area (Å²) in [5.74, 6) is -0.519. The van der Waals surface area contributed by atoms with E-state index in [1.807, 2.05) is 0 Å². The largest absolute Gasteiger partial charge is 0.573 e. The summed E-state index contributed by atoms with van der Waals surface area (Å²) in [7, 11) is 1.68. The molecule has 1 heterocycles. The zero-order valence-corrected chi connectivity index (χ0v) is 10.2. The Morgan fingerprint density at radius 3 is 2.47 bits per heavy atom. The zero-order chi connectivity index (χ0) is 14.2. The first kappa shape index (κ1) is 13.3. The predicted octanol–water partition coefficient (Wildman–Crippen LogP) is 3.00. The van der Waals surface area contributed by atoms with Crippen LogP contribution in [0.15, 0.2) is 24.4 Å². The number of phenols is 1. The number of hydrogen-bond acceptors (Lipinski definition) is 3. The number of aryl methyl sites for hydroxylation is 2. The minimum atomic E-state index is -4.77. The number of aromatic nitrogens is 2. The third kappa shape index (κ3) is 2.98. The molecule has 0 fully saturated rings. The van der Waals surface area contributed by atoms with Gasteiger partial charge in [-0.05, 0) is 25.1 Å². The summed E-state index contributed by atoms with van der Waals surface area (Å²) in [6.45, 7) is 1.70. The second-order valence-electron chi connectivity index (χ2n) is 4.03. The van der Waals surface area contributed by atoms with Crippen molar-refractivity contribution in [3.63, 3.8) is 0 Å². The van der Waals surface area contributed by atoms with Gasteiger partial charge in [0.15, 0.2) is 0 Å². The lowest BCUT2D eigenvalue weighted by atomic mass is 10.1. The van der Waals surface area contributed by atoms with Crippen LogP contribution in [0.2, 0.25) is 0 Å². The maximum atomic E-state index is 12.2. The van der Waals surface area contributed by atoms with Crippen molar-refractivity contribution in [3.8, 4) is 22.6 Å². The molecular weight excluding hydrogens is 261 g/mol. The quantitative estimate of drug-likeness (QED) is 0.914. The number of nitrogens with zero attached hydrogens (tertiary/aromatic N) is 2. The van der Waals surface area contributed by atoms with Crippen molar-refractivity contribution < 1.29 is 23.0 Å². The van der Waals surface area contributed by atoms with Gasteiger partial charge in [0.25, 0.3) is 0 Å². The molecule has 1 aromatic heterocycles. The van der Waals surface area contributed by atoms with E-state index in [0.717, 1.165) is 18.2 Å². The molecule has 19 heavy (non-hydrogen) atoms. The van der Waals surface area contributed by atoms with Gasteiger partial charge >= 0.3 is 6.36 Å². The highest BCUT2D eigenvalue weighted by molar-refractivity contribution is 5.72. The molecule has 0 spiro atoms. The number of ether oxygens (including phenoxy) is 1. The van der Waals surface area contributed by atoms with E-state index in [4.69, 9.17) is 0 Å². The van der Waals surface area contributed by atoms with Crippen LogP contribution in [0.25, 0.3) is 11.1 Å². The minimum absolute atomic E-state index is 0.134. The van der Waals surface area contributed by atoms with Crippen molar-refractivity contribution in [2.45, 2.75) is 13.3 Å². The monoisotopic (exact) mass is 272 g/mol. The smallest absolute Gasteiger partial charge is 0.507 e. The minimum Gasteiger partial charge on any atom is -0.507 e. The second-order valence-corrected chi connectivity index (χ2v) is 4.03. The van der Waals surface area contributed by atoms with Crippen molar-refractivity contribution in [2.24, 2.45) is 7.05 Å². The molecule has 0 aliphatic heterocycles. The number of rotatable bonds is 2. The Balaban J connectivity index is 2.46. The number of benzene rings is 1. The van der Waals surface area contributed by atoms with Crippen molar-refractivity contribution in [2.75, 3.05) is 0 Å². The fourth-order valence-corrected chi connectivity index (χ4v) is 1.79. The topological polar surface area (TPSA) is 47.3 Å². The predicted molar refractivity (Wildman–Crippen MR) is 61.7 cm³/mol. The Morgan fingerprint density at radius 2 is 1.95 bits per heavy atom. The van der Waals surface area contributed by atoms with Gasteiger partial charge in [-0.2, -0.15) is 5.10 Å². The summed E-state index contributed by atoms with van der Waals surface area (Å²) in [6.07, 6.45) is -3.15. The highest BCUT2D eigenvalue weighted by Crippen LogP contribution is 2.35. The van der Waals surface area contributed by atoms with Crippen LogP contribution in [-0.2, 0) is 7.05 Å². The molecule has 2 aromatic rings. The molecule has 0 atom stereocenters. The van der Waals surface area contributed by atoms with Gasteiger partial charge in [-0.15, -0.1) is 13.2 Å². The van der Waals surface area contributed by atoms with Crippen molar-refractivity contribution in [1.29, 1.82) is 0 Å².